The van der Waals surface area contributed by atoms with Gasteiger partial charge in [0.1, 0.15) is 5.82 Å². The van der Waals surface area contributed by atoms with Gasteiger partial charge in [-0.05, 0) is 73.6 Å². The monoisotopic (exact) mass is 290 g/mol. The van der Waals surface area contributed by atoms with Gasteiger partial charge in [0.05, 0.1) is 6.10 Å². The first-order valence-corrected chi connectivity index (χ1v) is 8.56. The second-order valence-electron chi connectivity index (χ2n) is 7.22. The van der Waals surface area contributed by atoms with E-state index in [1.54, 1.807) is 6.07 Å². The summed E-state index contributed by atoms with van der Waals surface area (Å²) < 4.78 is 13.2. The summed E-state index contributed by atoms with van der Waals surface area (Å²) >= 11 is 0. The molecule has 2 fully saturated rings. The molecule has 0 radical (unpaired) electrons. The summed E-state index contributed by atoms with van der Waals surface area (Å²) in [7, 11) is 0. The number of aliphatic hydroxyl groups is 1. The minimum Gasteiger partial charge on any atom is -0.392 e. The van der Waals surface area contributed by atoms with Crippen LogP contribution in [0.4, 0.5) is 4.39 Å². The summed E-state index contributed by atoms with van der Waals surface area (Å²) in [6, 6.07) is 4.91. The summed E-state index contributed by atoms with van der Waals surface area (Å²) in [5.74, 6) is 2.03. The van der Waals surface area contributed by atoms with E-state index in [-0.39, 0.29) is 11.9 Å². The minimum atomic E-state index is -0.267. The van der Waals surface area contributed by atoms with Gasteiger partial charge in [0.25, 0.3) is 0 Å². The molecule has 0 amide bonds. The predicted octanol–water partition coefficient (Wildman–Crippen LogP) is 4.64. The van der Waals surface area contributed by atoms with E-state index in [2.05, 4.69) is 0 Å². The Bertz CT molecular complexity index is 484. The average Bonchev–Trinajstić information content (AvgIpc) is 2.49. The van der Waals surface area contributed by atoms with Crippen LogP contribution in [0.15, 0.2) is 18.2 Å². The van der Waals surface area contributed by atoms with Crippen LogP contribution in [0.3, 0.4) is 0 Å². The quantitative estimate of drug-likeness (QED) is 0.859. The van der Waals surface area contributed by atoms with Crippen molar-refractivity contribution in [2.45, 2.75) is 64.4 Å². The van der Waals surface area contributed by atoms with Gasteiger partial charge < -0.3 is 5.11 Å². The molecule has 0 aliphatic heterocycles. The molecule has 2 heteroatoms. The third-order valence-electron chi connectivity index (χ3n) is 5.86. The van der Waals surface area contributed by atoms with Gasteiger partial charge in [0, 0.05) is 0 Å². The highest BCUT2D eigenvalue weighted by atomic mass is 19.1. The maximum absolute atomic E-state index is 13.2. The molecule has 116 valence electrons. The Kier molecular flexibility index (Phi) is 4.63. The zero-order valence-electron chi connectivity index (χ0n) is 13.0. The van der Waals surface area contributed by atoms with Crippen molar-refractivity contribution in [2.75, 3.05) is 0 Å². The van der Waals surface area contributed by atoms with Crippen LogP contribution < -0.4 is 0 Å². The highest BCUT2D eigenvalue weighted by Crippen LogP contribution is 2.43. The molecule has 0 aromatic heterocycles. The lowest BCUT2D eigenvalue weighted by atomic mass is 9.66. The van der Waals surface area contributed by atoms with Crippen molar-refractivity contribution < 1.29 is 9.50 Å². The summed E-state index contributed by atoms with van der Waals surface area (Å²) in [6.45, 7) is 1.93. The lowest BCUT2D eigenvalue weighted by Crippen LogP contribution is -2.34. The fourth-order valence-electron chi connectivity index (χ4n) is 4.54. The van der Waals surface area contributed by atoms with E-state index in [1.165, 1.54) is 51.0 Å². The van der Waals surface area contributed by atoms with Crippen molar-refractivity contribution in [3.63, 3.8) is 0 Å². The molecule has 2 aliphatic carbocycles. The van der Waals surface area contributed by atoms with Gasteiger partial charge in [-0.3, -0.25) is 0 Å². The summed E-state index contributed by atoms with van der Waals surface area (Å²) in [5, 5.41) is 10.6. The smallest absolute Gasteiger partial charge is 0.123 e. The Morgan fingerprint density at radius 2 is 1.90 bits per heavy atom. The van der Waals surface area contributed by atoms with Crippen LogP contribution in [-0.4, -0.2) is 11.2 Å². The first kappa shape index (κ1) is 15.0. The van der Waals surface area contributed by atoms with Gasteiger partial charge in [0.15, 0.2) is 0 Å². The third kappa shape index (κ3) is 3.48. The molecule has 2 saturated carbocycles. The number of aryl methyl sites for hydroxylation is 1. The van der Waals surface area contributed by atoms with E-state index in [9.17, 15) is 9.50 Å². The fourth-order valence-corrected chi connectivity index (χ4v) is 4.54. The molecule has 4 atom stereocenters. The Hall–Kier alpha value is -0.890. The number of rotatable bonds is 3. The van der Waals surface area contributed by atoms with Crippen LogP contribution in [0, 0.1) is 30.5 Å². The highest BCUT2D eigenvalue weighted by molar-refractivity contribution is 5.27. The molecule has 1 N–H and O–H groups in total. The lowest BCUT2D eigenvalue weighted by molar-refractivity contribution is 0.0360. The van der Waals surface area contributed by atoms with Crippen LogP contribution in [0.25, 0.3) is 0 Å². The molecule has 1 nitrogen and oxygen atoms in total. The Balaban J connectivity index is 1.61. The van der Waals surface area contributed by atoms with E-state index in [1.807, 2.05) is 13.0 Å². The average molecular weight is 290 g/mol. The molecule has 0 saturated heterocycles. The SMILES string of the molecule is Cc1cc(F)ccc1CC(O)C1CCC2CCCCC2C1. The minimum absolute atomic E-state index is 0.187. The van der Waals surface area contributed by atoms with Crippen LogP contribution >= 0.6 is 0 Å². The van der Waals surface area contributed by atoms with Gasteiger partial charge >= 0.3 is 0 Å². The molecule has 1 aromatic carbocycles. The zero-order chi connectivity index (χ0) is 14.8. The predicted molar refractivity (Wildman–Crippen MR) is 83.6 cm³/mol. The Morgan fingerprint density at radius 3 is 2.67 bits per heavy atom. The molecule has 0 spiro atoms. The Labute approximate surface area is 127 Å². The molecule has 0 bridgehead atoms. The fraction of sp³-hybridized carbons (Fsp3) is 0.684. The normalized spacial score (nSPS) is 30.7. The van der Waals surface area contributed by atoms with Crippen LogP contribution in [0.1, 0.15) is 56.1 Å². The lowest BCUT2D eigenvalue weighted by Gasteiger charge is -2.41. The van der Waals surface area contributed by atoms with Crippen LogP contribution in [0.5, 0.6) is 0 Å². The van der Waals surface area contributed by atoms with Gasteiger partial charge in [0.2, 0.25) is 0 Å². The van der Waals surface area contributed by atoms with Crippen molar-refractivity contribution >= 4 is 0 Å². The van der Waals surface area contributed by atoms with E-state index >= 15 is 0 Å². The molecule has 21 heavy (non-hydrogen) atoms. The van der Waals surface area contributed by atoms with Gasteiger partial charge in [-0.25, -0.2) is 4.39 Å². The molecule has 4 unspecified atom stereocenters. The number of benzene rings is 1. The second-order valence-corrected chi connectivity index (χ2v) is 7.22. The number of halogens is 1. The van der Waals surface area contributed by atoms with Crippen molar-refractivity contribution in [3.05, 3.63) is 35.1 Å². The van der Waals surface area contributed by atoms with Crippen molar-refractivity contribution in [3.8, 4) is 0 Å². The molecule has 1 aromatic rings. The molecule has 0 heterocycles. The van der Waals surface area contributed by atoms with Crippen LogP contribution in [-0.2, 0) is 6.42 Å². The van der Waals surface area contributed by atoms with Crippen molar-refractivity contribution in [1.29, 1.82) is 0 Å². The van der Waals surface area contributed by atoms with E-state index < -0.39 is 0 Å². The topological polar surface area (TPSA) is 20.2 Å². The van der Waals surface area contributed by atoms with Crippen molar-refractivity contribution in [2.24, 2.45) is 17.8 Å². The Morgan fingerprint density at radius 1 is 1.14 bits per heavy atom. The zero-order valence-corrected chi connectivity index (χ0v) is 13.0. The maximum atomic E-state index is 13.2. The molecule has 3 rings (SSSR count). The first-order chi connectivity index (χ1) is 10.1. The van der Waals surface area contributed by atoms with E-state index in [0.29, 0.717) is 12.3 Å². The summed E-state index contributed by atoms with van der Waals surface area (Å²) in [6.07, 6.45) is 9.63. The standard InChI is InChI=1S/C19H27FO/c1-13-10-18(20)9-8-15(13)12-19(21)17-7-6-14-4-2-3-5-16(14)11-17/h8-10,14,16-17,19,21H,2-7,11-12H2,1H3. The first-order valence-electron chi connectivity index (χ1n) is 8.56. The molecular weight excluding hydrogens is 263 g/mol. The van der Waals surface area contributed by atoms with Crippen LogP contribution in [0.2, 0.25) is 0 Å². The summed E-state index contributed by atoms with van der Waals surface area (Å²) in [4.78, 5) is 0. The highest BCUT2D eigenvalue weighted by Gasteiger charge is 2.34. The second kappa shape index (κ2) is 6.48. The number of hydrogen-bond donors (Lipinski definition) is 1. The number of fused-ring (bicyclic) bond motifs is 1. The van der Waals surface area contributed by atoms with E-state index in [0.717, 1.165) is 23.0 Å². The number of hydrogen-bond acceptors (Lipinski definition) is 1. The summed E-state index contributed by atoms with van der Waals surface area (Å²) in [5.41, 5.74) is 2.05. The maximum Gasteiger partial charge on any atom is 0.123 e. The van der Waals surface area contributed by atoms with E-state index in [4.69, 9.17) is 0 Å². The van der Waals surface area contributed by atoms with Gasteiger partial charge in [-0.1, -0.05) is 31.7 Å². The third-order valence-corrected chi connectivity index (χ3v) is 5.86. The molecule has 2 aliphatic rings. The van der Waals surface area contributed by atoms with Crippen molar-refractivity contribution in [1.82, 2.24) is 0 Å². The van der Waals surface area contributed by atoms with Gasteiger partial charge in [-0.15, -0.1) is 0 Å². The van der Waals surface area contributed by atoms with Gasteiger partial charge in [-0.2, -0.15) is 0 Å². The number of aliphatic hydroxyl groups excluding tert-OH is 1. The largest absolute Gasteiger partial charge is 0.392 e. The molecular formula is C19H27FO.